The van der Waals surface area contributed by atoms with Crippen LogP contribution >= 0.6 is 0 Å². The summed E-state index contributed by atoms with van der Waals surface area (Å²) >= 11 is 0. The number of nitrogens with one attached hydrogen (secondary N) is 3. The average Bonchev–Trinajstić information content (AvgIpc) is 2.88. The fourth-order valence-corrected chi connectivity index (χ4v) is 5.32. The van der Waals surface area contributed by atoms with Crippen LogP contribution < -0.4 is 15.4 Å². The molecule has 0 radical (unpaired) electrons. The molecule has 0 aliphatic carbocycles. The summed E-state index contributed by atoms with van der Waals surface area (Å²) in [6.07, 6.45) is 3.57. The Morgan fingerprint density at radius 2 is 1.89 bits per heavy atom. The van der Waals surface area contributed by atoms with Gasteiger partial charge in [-0.25, -0.2) is 18.7 Å². The summed E-state index contributed by atoms with van der Waals surface area (Å²) in [6, 6.07) is 13.9. The van der Waals surface area contributed by atoms with Crippen LogP contribution in [-0.2, 0) is 9.84 Å². The SMILES string of the molecule is CC(/C=C\C(=C/N=N)NC(=O)Oc1ccccc1)c1cccc(S(=O)(=O)C(F)(F)C2CCNCC2)c1. The summed E-state index contributed by atoms with van der Waals surface area (Å²) in [5, 5.41) is 4.72. The van der Waals surface area contributed by atoms with Crippen molar-refractivity contribution in [3.8, 4) is 5.75 Å². The molecule has 11 heteroatoms. The molecule has 1 aliphatic rings. The Morgan fingerprint density at radius 1 is 1.19 bits per heavy atom. The maximum Gasteiger partial charge on any atom is 0.417 e. The fourth-order valence-electron chi connectivity index (χ4n) is 3.78. The van der Waals surface area contributed by atoms with E-state index in [9.17, 15) is 13.2 Å². The number of rotatable bonds is 9. The van der Waals surface area contributed by atoms with Gasteiger partial charge in [0.05, 0.1) is 16.8 Å². The van der Waals surface area contributed by atoms with E-state index < -0.39 is 37.9 Å². The summed E-state index contributed by atoms with van der Waals surface area (Å²) in [7, 11) is -4.89. The van der Waals surface area contributed by atoms with E-state index in [-0.39, 0.29) is 18.5 Å². The van der Waals surface area contributed by atoms with Gasteiger partial charge in [-0.3, -0.25) is 5.32 Å². The van der Waals surface area contributed by atoms with Crippen LogP contribution in [0.15, 0.2) is 88.7 Å². The topological polar surface area (TPSA) is 121 Å². The van der Waals surface area contributed by atoms with Crippen molar-refractivity contribution in [1.82, 2.24) is 10.6 Å². The molecular formula is C25H28F2N4O4S. The van der Waals surface area contributed by atoms with E-state index in [0.29, 0.717) is 24.4 Å². The smallest absolute Gasteiger partial charge is 0.410 e. The van der Waals surface area contributed by atoms with Gasteiger partial charge in [-0.1, -0.05) is 43.3 Å². The highest BCUT2D eigenvalue weighted by molar-refractivity contribution is 7.92. The molecule has 0 bridgehead atoms. The Morgan fingerprint density at radius 3 is 2.56 bits per heavy atom. The first-order chi connectivity index (χ1) is 17.1. The van der Waals surface area contributed by atoms with Gasteiger partial charge in [0.15, 0.2) is 0 Å². The largest absolute Gasteiger partial charge is 0.417 e. The second-order valence-electron chi connectivity index (χ2n) is 8.35. The average molecular weight is 519 g/mol. The monoisotopic (exact) mass is 518 g/mol. The number of para-hydroxylation sites is 1. The normalized spacial score (nSPS) is 16.5. The number of hydrogen-bond donors (Lipinski definition) is 3. The number of carbonyl (C=O) groups is 1. The minimum atomic E-state index is -4.89. The summed E-state index contributed by atoms with van der Waals surface area (Å²) in [5.74, 6) is -1.32. The highest BCUT2D eigenvalue weighted by Crippen LogP contribution is 2.40. The Hall–Kier alpha value is -3.44. The highest BCUT2D eigenvalue weighted by Gasteiger charge is 2.52. The zero-order valence-corrected chi connectivity index (χ0v) is 20.5. The van der Waals surface area contributed by atoms with E-state index in [1.54, 1.807) is 49.4 Å². The fraction of sp³-hybridized carbons (Fsp3) is 0.320. The minimum absolute atomic E-state index is 0.0843. The number of carbonyl (C=O) groups excluding carboxylic acids is 1. The number of hydrogen-bond acceptors (Lipinski definition) is 7. The molecule has 1 heterocycles. The van der Waals surface area contributed by atoms with Crippen molar-refractivity contribution in [2.45, 2.75) is 35.8 Å². The second kappa shape index (κ2) is 12.0. The van der Waals surface area contributed by atoms with Crippen LogP contribution in [0.5, 0.6) is 5.75 Å². The second-order valence-corrected chi connectivity index (χ2v) is 10.4. The van der Waals surface area contributed by atoms with E-state index in [1.165, 1.54) is 24.3 Å². The first-order valence-corrected chi connectivity index (χ1v) is 12.9. The maximum atomic E-state index is 15.0. The molecule has 36 heavy (non-hydrogen) atoms. The summed E-state index contributed by atoms with van der Waals surface area (Å²) in [5.41, 5.74) is 7.71. The number of ether oxygens (including phenoxy) is 1. The van der Waals surface area contributed by atoms with Crippen molar-refractivity contribution >= 4 is 15.9 Å². The van der Waals surface area contributed by atoms with Gasteiger partial charge in [-0.2, -0.15) is 13.9 Å². The number of sulfone groups is 1. The first kappa shape index (κ1) is 27.2. The Balaban J connectivity index is 1.73. The molecule has 0 spiro atoms. The predicted molar refractivity (Wildman–Crippen MR) is 131 cm³/mol. The lowest BCUT2D eigenvalue weighted by Gasteiger charge is -2.30. The first-order valence-electron chi connectivity index (χ1n) is 11.4. The summed E-state index contributed by atoms with van der Waals surface area (Å²) in [4.78, 5) is 11.7. The van der Waals surface area contributed by atoms with Gasteiger partial charge in [0, 0.05) is 5.92 Å². The number of allylic oxidation sites excluding steroid dienone is 2. The van der Waals surface area contributed by atoms with Crippen molar-refractivity contribution in [2.75, 3.05) is 13.1 Å². The molecule has 1 unspecified atom stereocenters. The zero-order valence-electron chi connectivity index (χ0n) is 19.7. The molecule has 2 aromatic rings. The number of nitrogens with zero attached hydrogens (tertiary/aromatic N) is 1. The third-order valence-electron chi connectivity index (χ3n) is 5.84. The molecule has 1 fully saturated rings. The lowest BCUT2D eigenvalue weighted by molar-refractivity contribution is 0.0121. The zero-order chi connectivity index (χ0) is 26.2. The molecular weight excluding hydrogens is 490 g/mol. The highest BCUT2D eigenvalue weighted by atomic mass is 32.2. The third-order valence-corrected chi connectivity index (χ3v) is 7.76. The van der Waals surface area contributed by atoms with Crippen molar-refractivity contribution in [2.24, 2.45) is 11.0 Å². The van der Waals surface area contributed by atoms with Gasteiger partial charge in [-0.05, 0) is 67.8 Å². The molecule has 0 saturated carbocycles. The van der Waals surface area contributed by atoms with Crippen LogP contribution in [0.1, 0.15) is 31.2 Å². The van der Waals surface area contributed by atoms with E-state index >= 15 is 8.78 Å². The van der Waals surface area contributed by atoms with Crippen molar-refractivity contribution in [3.05, 3.63) is 84.2 Å². The number of benzene rings is 2. The van der Waals surface area contributed by atoms with Crippen molar-refractivity contribution in [1.29, 1.82) is 5.53 Å². The van der Waals surface area contributed by atoms with Crippen LogP contribution in [0.4, 0.5) is 13.6 Å². The molecule has 2 aromatic carbocycles. The van der Waals surface area contributed by atoms with E-state index in [0.717, 1.165) is 6.20 Å². The molecule has 1 atom stereocenters. The molecule has 192 valence electrons. The number of alkyl halides is 2. The standard InChI is InChI=1S/C25H28F2N4O4S/c1-18(10-11-21(17-30-28)31-24(32)35-22-7-3-2-4-8-22)19-6-5-9-23(16-19)36(33,34)25(26,27)20-12-14-29-15-13-20/h2-11,16-18,20,28-29H,12-15H2,1H3,(H,31,32)/b11-10-,21-17+,30-28?. The van der Waals surface area contributed by atoms with Gasteiger partial charge >= 0.3 is 11.3 Å². The molecule has 1 saturated heterocycles. The number of piperidine rings is 1. The molecule has 1 aliphatic heterocycles. The van der Waals surface area contributed by atoms with Crippen LogP contribution in [0.3, 0.4) is 0 Å². The van der Waals surface area contributed by atoms with Crippen LogP contribution in [0, 0.1) is 11.4 Å². The van der Waals surface area contributed by atoms with Gasteiger partial charge in [0.25, 0.3) is 0 Å². The maximum absolute atomic E-state index is 15.0. The number of halogens is 2. The lowest BCUT2D eigenvalue weighted by atomic mass is 9.99. The molecule has 3 N–H and O–H groups in total. The van der Waals surface area contributed by atoms with Gasteiger partial charge < -0.3 is 10.1 Å². The van der Waals surface area contributed by atoms with E-state index in [1.807, 2.05) is 0 Å². The van der Waals surface area contributed by atoms with Crippen molar-refractivity contribution < 1.29 is 26.7 Å². The number of amides is 1. The third kappa shape index (κ3) is 6.61. The van der Waals surface area contributed by atoms with Crippen molar-refractivity contribution in [3.63, 3.8) is 0 Å². The lowest BCUT2D eigenvalue weighted by Crippen LogP contribution is -2.43. The molecule has 8 nitrogen and oxygen atoms in total. The van der Waals surface area contributed by atoms with E-state index in [4.69, 9.17) is 10.3 Å². The Labute approximate surface area is 208 Å². The molecule has 3 rings (SSSR count). The van der Waals surface area contributed by atoms with Gasteiger partial charge in [-0.15, -0.1) is 0 Å². The van der Waals surface area contributed by atoms with Crippen LogP contribution in [0.2, 0.25) is 0 Å². The van der Waals surface area contributed by atoms with E-state index in [2.05, 4.69) is 15.7 Å². The quantitative estimate of drug-likeness (QED) is 0.304. The van der Waals surface area contributed by atoms with Crippen LogP contribution in [-0.4, -0.2) is 32.9 Å². The summed E-state index contributed by atoms with van der Waals surface area (Å²) < 4.78 is 60.9. The molecule has 0 aromatic heterocycles. The Kier molecular flexibility index (Phi) is 9.05. The predicted octanol–water partition coefficient (Wildman–Crippen LogP) is 5.37. The molecule has 1 amide bonds. The summed E-state index contributed by atoms with van der Waals surface area (Å²) in [6.45, 7) is 2.45. The van der Waals surface area contributed by atoms with Gasteiger partial charge in [0.2, 0.25) is 9.84 Å². The Bertz CT molecular complexity index is 1230. The minimum Gasteiger partial charge on any atom is -0.410 e. The van der Waals surface area contributed by atoms with Gasteiger partial charge in [0.1, 0.15) is 5.75 Å². The van der Waals surface area contributed by atoms with Crippen LogP contribution in [0.25, 0.3) is 0 Å².